The van der Waals surface area contributed by atoms with Crippen LogP contribution in [0, 0.1) is 73.7 Å². The van der Waals surface area contributed by atoms with Crippen molar-refractivity contribution in [3.05, 3.63) is 12.2 Å². The first-order valence-corrected chi connectivity index (χ1v) is 9.18. The van der Waals surface area contributed by atoms with E-state index in [0.717, 1.165) is 25.2 Å². The van der Waals surface area contributed by atoms with Crippen molar-refractivity contribution < 1.29 is 58.7 Å². The molecule has 4 bridgehead atoms. The summed E-state index contributed by atoms with van der Waals surface area (Å²) >= 11 is 0. The number of ether oxygens (including phenoxy) is 1. The minimum Gasteiger partial charge on any atom is -0.459 e. The SMILES string of the molecule is CCC1(OC(=O)CC(O)C2CC3C=CC2C3)CC2CCC1C2.[Ac]. The maximum absolute atomic E-state index is 12.4. The smallest absolute Gasteiger partial charge is 0.308 e. The quantitative estimate of drug-likeness (QED) is 0.437. The molecule has 0 amide bonds. The summed E-state index contributed by atoms with van der Waals surface area (Å²) in [6.45, 7) is 2.14. The molecule has 0 aliphatic heterocycles. The number of hydrogen-bond acceptors (Lipinski definition) is 3. The van der Waals surface area contributed by atoms with Crippen molar-refractivity contribution in [3.63, 3.8) is 0 Å². The number of hydrogen-bond donors (Lipinski definition) is 1. The zero-order valence-electron chi connectivity index (χ0n) is 14.1. The Bertz CT molecular complexity index is 491. The van der Waals surface area contributed by atoms with Crippen molar-refractivity contribution in [2.75, 3.05) is 0 Å². The van der Waals surface area contributed by atoms with Gasteiger partial charge in [-0.15, -0.1) is 0 Å². The van der Waals surface area contributed by atoms with Crippen LogP contribution in [0.25, 0.3) is 0 Å². The molecule has 1 radical (unpaired) electrons. The summed E-state index contributed by atoms with van der Waals surface area (Å²) in [5.41, 5.74) is -0.214. The Hall–Kier alpha value is 0.612. The molecule has 3 nitrogen and oxygen atoms in total. The van der Waals surface area contributed by atoms with Gasteiger partial charge in [-0.2, -0.15) is 0 Å². The summed E-state index contributed by atoms with van der Waals surface area (Å²) < 4.78 is 5.98. The van der Waals surface area contributed by atoms with Crippen LogP contribution < -0.4 is 0 Å². The van der Waals surface area contributed by atoms with Crippen LogP contribution in [0.4, 0.5) is 0 Å². The number of aliphatic hydroxyl groups is 1. The van der Waals surface area contributed by atoms with Crippen LogP contribution in [-0.4, -0.2) is 22.8 Å². The molecular formula is C19H28AcO3. The van der Waals surface area contributed by atoms with Crippen LogP contribution >= 0.6 is 0 Å². The molecule has 3 fully saturated rings. The fourth-order valence-electron chi connectivity index (χ4n) is 5.88. The molecule has 0 aromatic carbocycles. The third kappa shape index (κ3) is 3.34. The van der Waals surface area contributed by atoms with Gasteiger partial charge in [-0.3, -0.25) is 4.79 Å². The summed E-state index contributed by atoms with van der Waals surface area (Å²) in [6.07, 6.45) is 12.1. The largest absolute Gasteiger partial charge is 0.459 e. The molecule has 125 valence electrons. The average molecular weight is 531 g/mol. The zero-order chi connectivity index (χ0) is 15.3. The molecule has 0 aromatic heterocycles. The van der Waals surface area contributed by atoms with Gasteiger partial charge in [0.1, 0.15) is 5.60 Å². The standard InChI is InChI=1S/C19H28O3.Ac/c1-2-19(11-13-4-6-15(19)8-13)22-18(21)10-17(20)16-9-12-3-5-14(16)7-12;/h3,5,12-17,20H,2,4,6-11H2,1H3;. The van der Waals surface area contributed by atoms with Gasteiger partial charge in [0.25, 0.3) is 0 Å². The predicted octanol–water partition coefficient (Wildman–Crippen LogP) is 3.46. The second kappa shape index (κ2) is 7.08. The molecule has 4 aliphatic carbocycles. The minimum absolute atomic E-state index is 0. The van der Waals surface area contributed by atoms with Crippen molar-refractivity contribution >= 4 is 5.97 Å². The zero-order valence-corrected chi connectivity index (χ0v) is 18.9. The number of carbonyl (C=O) groups is 1. The van der Waals surface area contributed by atoms with E-state index in [2.05, 4.69) is 19.1 Å². The van der Waals surface area contributed by atoms with Crippen molar-refractivity contribution in [3.8, 4) is 0 Å². The number of carbonyl (C=O) groups excluding carboxylic acids is 1. The maximum Gasteiger partial charge on any atom is 0.308 e. The molecule has 0 saturated heterocycles. The third-order valence-electron chi connectivity index (χ3n) is 7.04. The first-order valence-electron chi connectivity index (χ1n) is 9.18. The van der Waals surface area contributed by atoms with E-state index in [0.29, 0.717) is 17.8 Å². The Morgan fingerprint density at radius 2 is 2.13 bits per heavy atom. The molecule has 1 N–H and O–H groups in total. The monoisotopic (exact) mass is 531 g/mol. The number of rotatable bonds is 5. The number of allylic oxidation sites excluding steroid dienone is 2. The minimum atomic E-state index is -0.528. The number of esters is 1. The fraction of sp³-hybridized carbons (Fsp3) is 0.842. The second-order valence-electron chi connectivity index (χ2n) is 8.19. The molecule has 7 atom stereocenters. The molecule has 23 heavy (non-hydrogen) atoms. The predicted molar refractivity (Wildman–Crippen MR) is 84.0 cm³/mol. The molecule has 0 spiro atoms. The van der Waals surface area contributed by atoms with Gasteiger partial charge >= 0.3 is 5.97 Å². The average Bonchev–Trinajstić information content (AvgIpc) is 3.26. The Morgan fingerprint density at radius 1 is 1.30 bits per heavy atom. The first kappa shape index (κ1) is 18.4. The van der Waals surface area contributed by atoms with Gasteiger partial charge in [0, 0.05) is 44.1 Å². The molecule has 0 heterocycles. The normalized spacial score (nSPS) is 44.3. The molecular weight excluding hydrogens is 503 g/mol. The number of aliphatic hydroxyl groups excluding tert-OH is 1. The Morgan fingerprint density at radius 3 is 2.65 bits per heavy atom. The van der Waals surface area contributed by atoms with E-state index in [1.54, 1.807) is 0 Å². The van der Waals surface area contributed by atoms with Gasteiger partial charge in [0.15, 0.2) is 0 Å². The molecule has 7 unspecified atom stereocenters. The van der Waals surface area contributed by atoms with Crippen molar-refractivity contribution in [1.29, 1.82) is 0 Å². The van der Waals surface area contributed by atoms with E-state index in [1.807, 2.05) is 0 Å². The molecule has 0 aromatic rings. The molecule has 4 heteroatoms. The van der Waals surface area contributed by atoms with Crippen LogP contribution in [0.3, 0.4) is 0 Å². The van der Waals surface area contributed by atoms with E-state index < -0.39 is 6.10 Å². The topological polar surface area (TPSA) is 46.5 Å². The summed E-state index contributed by atoms with van der Waals surface area (Å²) in [7, 11) is 0. The van der Waals surface area contributed by atoms with Crippen LogP contribution in [0.15, 0.2) is 12.2 Å². The van der Waals surface area contributed by atoms with Crippen LogP contribution in [0.1, 0.15) is 58.3 Å². The van der Waals surface area contributed by atoms with Crippen molar-refractivity contribution in [1.82, 2.24) is 0 Å². The van der Waals surface area contributed by atoms with E-state index in [1.165, 1.54) is 25.7 Å². The van der Waals surface area contributed by atoms with E-state index in [4.69, 9.17) is 4.74 Å². The molecule has 3 saturated carbocycles. The summed E-state index contributed by atoms with van der Waals surface area (Å²) in [6, 6.07) is 0. The third-order valence-corrected chi connectivity index (χ3v) is 7.04. The van der Waals surface area contributed by atoms with Gasteiger partial charge < -0.3 is 9.84 Å². The Kier molecular flexibility index (Phi) is 5.67. The van der Waals surface area contributed by atoms with Gasteiger partial charge in [0.05, 0.1) is 12.5 Å². The fourth-order valence-corrected chi connectivity index (χ4v) is 5.88. The van der Waals surface area contributed by atoms with Crippen molar-refractivity contribution in [2.24, 2.45) is 29.6 Å². The van der Waals surface area contributed by atoms with Gasteiger partial charge in [0.2, 0.25) is 0 Å². The van der Waals surface area contributed by atoms with E-state index >= 15 is 0 Å². The first-order chi connectivity index (χ1) is 10.6. The van der Waals surface area contributed by atoms with Gasteiger partial charge in [-0.25, -0.2) is 0 Å². The Labute approximate surface area is 175 Å². The van der Waals surface area contributed by atoms with Crippen molar-refractivity contribution in [2.45, 2.75) is 70.0 Å². The maximum atomic E-state index is 12.4. The number of fused-ring (bicyclic) bond motifs is 4. The van der Waals surface area contributed by atoms with Crippen LogP contribution in [0.2, 0.25) is 0 Å². The molecule has 4 rings (SSSR count). The van der Waals surface area contributed by atoms with Gasteiger partial charge in [-0.1, -0.05) is 19.1 Å². The Balaban J connectivity index is 0.00000156. The van der Waals surface area contributed by atoms with E-state index in [9.17, 15) is 9.90 Å². The molecule has 4 aliphatic rings. The van der Waals surface area contributed by atoms with Gasteiger partial charge in [-0.05, 0) is 74.5 Å². The van der Waals surface area contributed by atoms with E-state index in [-0.39, 0.29) is 68.0 Å². The summed E-state index contributed by atoms with van der Waals surface area (Å²) in [5.74, 6) is 2.53. The second-order valence-corrected chi connectivity index (χ2v) is 8.19. The summed E-state index contributed by atoms with van der Waals surface area (Å²) in [4.78, 5) is 12.4. The van der Waals surface area contributed by atoms with Crippen LogP contribution in [-0.2, 0) is 9.53 Å². The summed E-state index contributed by atoms with van der Waals surface area (Å²) in [5, 5.41) is 10.5. The van der Waals surface area contributed by atoms with Crippen LogP contribution in [0.5, 0.6) is 0 Å².